The molecular formula is C12H21NOS. The highest BCUT2D eigenvalue weighted by atomic mass is 32.1. The van der Waals surface area contributed by atoms with Crippen LogP contribution in [-0.2, 0) is 0 Å². The van der Waals surface area contributed by atoms with E-state index in [1.807, 2.05) is 16.8 Å². The Bertz CT molecular complexity index is 278. The fraction of sp³-hybridized carbons (Fsp3) is 0.667. The second-order valence-corrected chi connectivity index (χ2v) is 5.07. The zero-order chi connectivity index (χ0) is 11.5. The van der Waals surface area contributed by atoms with Gasteiger partial charge < -0.3 is 5.11 Å². The summed E-state index contributed by atoms with van der Waals surface area (Å²) in [7, 11) is 0. The Balaban J connectivity index is 2.85. The third-order valence-corrected chi connectivity index (χ3v) is 3.81. The fourth-order valence-electron chi connectivity index (χ4n) is 2.05. The van der Waals surface area contributed by atoms with E-state index >= 15 is 0 Å². The minimum atomic E-state index is -0.413. The number of hydrogen-bond donors (Lipinski definition) is 1. The van der Waals surface area contributed by atoms with Crippen molar-refractivity contribution in [1.29, 1.82) is 0 Å². The molecule has 86 valence electrons. The molecular weight excluding hydrogens is 206 g/mol. The van der Waals surface area contributed by atoms with Crippen molar-refractivity contribution in [3.8, 4) is 0 Å². The highest BCUT2D eigenvalue weighted by Gasteiger charge is 2.33. The highest BCUT2D eigenvalue weighted by Crippen LogP contribution is 2.31. The van der Waals surface area contributed by atoms with Crippen LogP contribution in [0.4, 0.5) is 0 Å². The van der Waals surface area contributed by atoms with Gasteiger partial charge in [0, 0.05) is 5.54 Å². The molecule has 3 heteroatoms. The molecule has 1 atom stereocenters. The maximum absolute atomic E-state index is 10.3. The second kappa shape index (κ2) is 5.10. The first-order chi connectivity index (χ1) is 7.04. The summed E-state index contributed by atoms with van der Waals surface area (Å²) >= 11 is 1.63. The van der Waals surface area contributed by atoms with Gasteiger partial charge in [-0.25, -0.2) is 0 Å². The van der Waals surface area contributed by atoms with Crippen molar-refractivity contribution >= 4 is 11.3 Å². The molecule has 1 heterocycles. The van der Waals surface area contributed by atoms with E-state index in [0.717, 1.165) is 18.7 Å². The molecule has 0 fully saturated rings. The van der Waals surface area contributed by atoms with Crippen LogP contribution in [0.15, 0.2) is 16.8 Å². The van der Waals surface area contributed by atoms with E-state index in [4.69, 9.17) is 0 Å². The first-order valence-corrected chi connectivity index (χ1v) is 6.43. The summed E-state index contributed by atoms with van der Waals surface area (Å²) in [5.41, 5.74) is 0.821. The Kier molecular flexibility index (Phi) is 4.32. The molecule has 0 aliphatic carbocycles. The van der Waals surface area contributed by atoms with Gasteiger partial charge in [0.25, 0.3) is 0 Å². The van der Waals surface area contributed by atoms with Gasteiger partial charge >= 0.3 is 0 Å². The summed E-state index contributed by atoms with van der Waals surface area (Å²) in [6.45, 7) is 10.4. The van der Waals surface area contributed by atoms with E-state index in [2.05, 4.69) is 32.6 Å². The van der Waals surface area contributed by atoms with E-state index in [0.29, 0.717) is 0 Å². The maximum Gasteiger partial charge on any atom is 0.0976 e. The molecule has 0 aromatic carbocycles. The number of thiophene rings is 1. The molecule has 0 spiro atoms. The van der Waals surface area contributed by atoms with Crippen molar-refractivity contribution in [1.82, 2.24) is 4.90 Å². The van der Waals surface area contributed by atoms with Crippen molar-refractivity contribution in [2.75, 3.05) is 13.1 Å². The average Bonchev–Trinajstić information content (AvgIpc) is 2.70. The van der Waals surface area contributed by atoms with Crippen LogP contribution in [-0.4, -0.2) is 28.6 Å². The molecule has 2 nitrogen and oxygen atoms in total. The first kappa shape index (κ1) is 12.7. The minimum Gasteiger partial charge on any atom is -0.386 e. The van der Waals surface area contributed by atoms with Crippen LogP contribution in [0.2, 0.25) is 0 Å². The van der Waals surface area contributed by atoms with Gasteiger partial charge in [0.05, 0.1) is 6.10 Å². The fourth-order valence-corrected chi connectivity index (χ4v) is 2.73. The number of rotatable bonds is 5. The normalized spacial score (nSPS) is 14.5. The second-order valence-electron chi connectivity index (χ2n) is 4.29. The standard InChI is InChI=1S/C12H21NOS/c1-5-13(6-2)12(3,4)11(14)10-7-8-15-9-10/h7-9,11,14H,5-6H2,1-4H3. The van der Waals surface area contributed by atoms with Gasteiger partial charge in [0.2, 0.25) is 0 Å². The van der Waals surface area contributed by atoms with E-state index in [-0.39, 0.29) is 5.54 Å². The Hall–Kier alpha value is -0.380. The zero-order valence-corrected chi connectivity index (χ0v) is 10.8. The smallest absolute Gasteiger partial charge is 0.0976 e. The molecule has 0 saturated carbocycles. The average molecular weight is 227 g/mol. The Morgan fingerprint density at radius 2 is 2.00 bits per heavy atom. The Morgan fingerprint density at radius 1 is 1.40 bits per heavy atom. The van der Waals surface area contributed by atoms with Gasteiger partial charge in [-0.1, -0.05) is 13.8 Å². The molecule has 1 unspecified atom stereocenters. The predicted octanol–water partition coefficient (Wildman–Crippen LogP) is 2.90. The first-order valence-electron chi connectivity index (χ1n) is 5.49. The van der Waals surface area contributed by atoms with Gasteiger partial charge in [0.15, 0.2) is 0 Å². The lowest BCUT2D eigenvalue weighted by Crippen LogP contribution is -2.48. The van der Waals surface area contributed by atoms with E-state index < -0.39 is 6.10 Å². The number of aliphatic hydroxyl groups excluding tert-OH is 1. The molecule has 0 radical (unpaired) electrons. The molecule has 15 heavy (non-hydrogen) atoms. The third-order valence-electron chi connectivity index (χ3n) is 3.11. The van der Waals surface area contributed by atoms with E-state index in [1.165, 1.54) is 0 Å². The minimum absolute atomic E-state index is 0.204. The van der Waals surface area contributed by atoms with Gasteiger partial charge in [-0.05, 0) is 49.3 Å². The summed E-state index contributed by atoms with van der Waals surface area (Å²) in [6.07, 6.45) is -0.413. The lowest BCUT2D eigenvalue weighted by Gasteiger charge is -2.40. The monoisotopic (exact) mass is 227 g/mol. The van der Waals surface area contributed by atoms with Crippen molar-refractivity contribution < 1.29 is 5.11 Å². The zero-order valence-electron chi connectivity index (χ0n) is 10.0. The van der Waals surface area contributed by atoms with Crippen LogP contribution in [0.5, 0.6) is 0 Å². The summed E-state index contributed by atoms with van der Waals surface area (Å²) in [5.74, 6) is 0. The van der Waals surface area contributed by atoms with Crippen LogP contribution in [0.25, 0.3) is 0 Å². The third kappa shape index (κ3) is 2.60. The number of hydrogen-bond acceptors (Lipinski definition) is 3. The van der Waals surface area contributed by atoms with Crippen LogP contribution in [0.3, 0.4) is 0 Å². The molecule has 0 bridgehead atoms. The molecule has 1 aromatic rings. The van der Waals surface area contributed by atoms with Crippen molar-refractivity contribution in [3.05, 3.63) is 22.4 Å². The summed E-state index contributed by atoms with van der Waals surface area (Å²) in [6, 6.07) is 2.00. The molecule has 0 aliphatic heterocycles. The predicted molar refractivity (Wildman–Crippen MR) is 66.3 cm³/mol. The molecule has 0 amide bonds. The SMILES string of the molecule is CCN(CC)C(C)(C)C(O)c1ccsc1. The lowest BCUT2D eigenvalue weighted by molar-refractivity contribution is -0.00603. The van der Waals surface area contributed by atoms with Crippen LogP contribution < -0.4 is 0 Å². The van der Waals surface area contributed by atoms with Crippen molar-refractivity contribution in [3.63, 3.8) is 0 Å². The van der Waals surface area contributed by atoms with Gasteiger partial charge in [-0.2, -0.15) is 11.3 Å². The summed E-state index contributed by atoms with van der Waals surface area (Å²) < 4.78 is 0. The number of likely N-dealkylation sites (N-methyl/N-ethyl adjacent to an activating group) is 1. The van der Waals surface area contributed by atoms with Crippen LogP contribution in [0.1, 0.15) is 39.4 Å². The molecule has 1 N–H and O–H groups in total. The maximum atomic E-state index is 10.3. The number of aliphatic hydroxyl groups is 1. The van der Waals surface area contributed by atoms with Crippen LogP contribution >= 0.6 is 11.3 Å². The number of nitrogens with zero attached hydrogens (tertiary/aromatic N) is 1. The molecule has 1 rings (SSSR count). The molecule has 1 aromatic heterocycles. The highest BCUT2D eigenvalue weighted by molar-refractivity contribution is 7.07. The Morgan fingerprint density at radius 3 is 2.40 bits per heavy atom. The van der Waals surface area contributed by atoms with Gasteiger partial charge in [-0.3, -0.25) is 4.90 Å². The van der Waals surface area contributed by atoms with Crippen molar-refractivity contribution in [2.24, 2.45) is 0 Å². The van der Waals surface area contributed by atoms with Gasteiger partial charge in [-0.15, -0.1) is 0 Å². The topological polar surface area (TPSA) is 23.5 Å². The summed E-state index contributed by atoms with van der Waals surface area (Å²) in [4.78, 5) is 2.29. The van der Waals surface area contributed by atoms with Gasteiger partial charge in [0.1, 0.15) is 0 Å². The van der Waals surface area contributed by atoms with Crippen molar-refractivity contribution in [2.45, 2.75) is 39.3 Å². The van der Waals surface area contributed by atoms with E-state index in [1.54, 1.807) is 11.3 Å². The van der Waals surface area contributed by atoms with Crippen LogP contribution in [0, 0.1) is 0 Å². The quantitative estimate of drug-likeness (QED) is 0.836. The molecule has 0 aliphatic rings. The van der Waals surface area contributed by atoms with E-state index in [9.17, 15) is 5.11 Å². The summed E-state index contributed by atoms with van der Waals surface area (Å²) in [5, 5.41) is 14.4. The molecule has 0 saturated heterocycles. The lowest BCUT2D eigenvalue weighted by atomic mass is 9.91. The Labute approximate surface area is 96.5 Å². The largest absolute Gasteiger partial charge is 0.386 e.